The van der Waals surface area contributed by atoms with Crippen LogP contribution in [-0.2, 0) is 9.59 Å². The van der Waals surface area contributed by atoms with Crippen molar-refractivity contribution in [1.29, 1.82) is 0 Å². The van der Waals surface area contributed by atoms with Crippen LogP contribution in [0.2, 0.25) is 5.02 Å². The van der Waals surface area contributed by atoms with Crippen molar-refractivity contribution < 1.29 is 14.0 Å². The summed E-state index contributed by atoms with van der Waals surface area (Å²) in [7, 11) is 0. The number of likely N-dealkylation sites (tertiary alicyclic amines) is 1. The van der Waals surface area contributed by atoms with E-state index in [2.05, 4.69) is 5.32 Å². The SMILES string of the molecule is CC(C)(C)C(=O)N1CCC[C@H](C(=O)Nc2ccc(F)c(Cl)c2)C1. The van der Waals surface area contributed by atoms with E-state index in [1.54, 1.807) is 4.90 Å². The molecule has 4 nitrogen and oxygen atoms in total. The topological polar surface area (TPSA) is 49.4 Å². The van der Waals surface area contributed by atoms with Crippen LogP contribution in [0.3, 0.4) is 0 Å². The van der Waals surface area contributed by atoms with E-state index in [-0.39, 0.29) is 22.8 Å². The Balaban J connectivity index is 2.02. The summed E-state index contributed by atoms with van der Waals surface area (Å²) < 4.78 is 13.2. The summed E-state index contributed by atoms with van der Waals surface area (Å²) in [5.74, 6) is -0.901. The first kappa shape index (κ1) is 17.7. The van der Waals surface area contributed by atoms with Gasteiger partial charge in [-0.15, -0.1) is 0 Å². The van der Waals surface area contributed by atoms with E-state index in [4.69, 9.17) is 11.6 Å². The monoisotopic (exact) mass is 340 g/mol. The highest BCUT2D eigenvalue weighted by Crippen LogP contribution is 2.25. The quantitative estimate of drug-likeness (QED) is 0.892. The fourth-order valence-corrected chi connectivity index (χ4v) is 2.85. The van der Waals surface area contributed by atoms with Crippen LogP contribution >= 0.6 is 11.6 Å². The molecule has 2 amide bonds. The lowest BCUT2D eigenvalue weighted by atomic mass is 9.91. The zero-order valence-corrected chi connectivity index (χ0v) is 14.4. The third kappa shape index (κ3) is 4.44. The Morgan fingerprint density at radius 1 is 1.35 bits per heavy atom. The highest BCUT2D eigenvalue weighted by atomic mass is 35.5. The van der Waals surface area contributed by atoms with Gasteiger partial charge in [0.05, 0.1) is 10.9 Å². The van der Waals surface area contributed by atoms with Gasteiger partial charge in [0, 0.05) is 24.2 Å². The molecule has 2 rings (SSSR count). The standard InChI is InChI=1S/C17H22ClFN2O2/c1-17(2,3)16(23)21-8-4-5-11(10-21)15(22)20-12-6-7-14(19)13(18)9-12/h6-7,9,11H,4-5,8,10H2,1-3H3,(H,20,22)/t11-/m0/s1. The molecule has 1 aliphatic heterocycles. The molecule has 0 saturated carbocycles. The summed E-state index contributed by atoms with van der Waals surface area (Å²) in [6.45, 7) is 6.72. The molecule has 1 atom stereocenters. The Morgan fingerprint density at radius 2 is 2.04 bits per heavy atom. The molecule has 1 N–H and O–H groups in total. The number of anilines is 1. The Hall–Kier alpha value is -1.62. The minimum atomic E-state index is -0.524. The fourth-order valence-electron chi connectivity index (χ4n) is 2.67. The van der Waals surface area contributed by atoms with Gasteiger partial charge in [0.2, 0.25) is 11.8 Å². The summed E-state index contributed by atoms with van der Waals surface area (Å²) in [6.07, 6.45) is 1.53. The molecule has 1 aliphatic rings. The maximum absolute atomic E-state index is 13.2. The third-order valence-corrected chi connectivity index (χ3v) is 4.20. The molecule has 0 radical (unpaired) electrons. The van der Waals surface area contributed by atoms with Gasteiger partial charge in [-0.2, -0.15) is 0 Å². The average molecular weight is 341 g/mol. The van der Waals surface area contributed by atoms with Crippen molar-refractivity contribution in [2.45, 2.75) is 33.6 Å². The molecule has 6 heteroatoms. The number of halogens is 2. The van der Waals surface area contributed by atoms with Gasteiger partial charge in [-0.05, 0) is 31.0 Å². The summed E-state index contributed by atoms with van der Waals surface area (Å²) in [6, 6.07) is 4.07. The molecule has 1 aromatic rings. The van der Waals surface area contributed by atoms with Gasteiger partial charge in [0.25, 0.3) is 0 Å². The van der Waals surface area contributed by atoms with Crippen LogP contribution in [0.4, 0.5) is 10.1 Å². The van der Waals surface area contributed by atoms with E-state index in [9.17, 15) is 14.0 Å². The van der Waals surface area contributed by atoms with Crippen LogP contribution in [0.25, 0.3) is 0 Å². The normalized spacial score (nSPS) is 18.7. The molecule has 0 spiro atoms. The molecule has 1 aromatic carbocycles. The molecular weight excluding hydrogens is 319 g/mol. The molecule has 1 saturated heterocycles. The molecule has 0 aromatic heterocycles. The molecule has 0 aliphatic carbocycles. The maximum atomic E-state index is 13.2. The van der Waals surface area contributed by atoms with Gasteiger partial charge < -0.3 is 10.2 Å². The Labute approximate surface area is 141 Å². The Kier molecular flexibility index (Phi) is 5.30. The van der Waals surface area contributed by atoms with E-state index in [0.29, 0.717) is 18.8 Å². The van der Waals surface area contributed by atoms with Crippen molar-refractivity contribution in [2.75, 3.05) is 18.4 Å². The third-order valence-electron chi connectivity index (χ3n) is 3.91. The zero-order valence-electron chi connectivity index (χ0n) is 13.7. The maximum Gasteiger partial charge on any atom is 0.229 e. The van der Waals surface area contributed by atoms with Crippen LogP contribution in [0.15, 0.2) is 18.2 Å². The van der Waals surface area contributed by atoms with E-state index < -0.39 is 11.2 Å². The lowest BCUT2D eigenvalue weighted by molar-refractivity contribution is -0.142. The number of nitrogens with zero attached hydrogens (tertiary/aromatic N) is 1. The summed E-state index contributed by atoms with van der Waals surface area (Å²) in [5.41, 5.74) is 0.00345. The van der Waals surface area contributed by atoms with Gasteiger partial charge in [-0.25, -0.2) is 4.39 Å². The Morgan fingerprint density at radius 3 is 2.65 bits per heavy atom. The summed E-state index contributed by atoms with van der Waals surface area (Å²) in [5, 5.41) is 2.72. The molecule has 1 heterocycles. The fraction of sp³-hybridized carbons (Fsp3) is 0.529. The number of hydrogen-bond donors (Lipinski definition) is 1. The van der Waals surface area contributed by atoms with Crippen LogP contribution in [0.5, 0.6) is 0 Å². The molecule has 0 unspecified atom stereocenters. The Bertz CT molecular complexity index is 613. The van der Waals surface area contributed by atoms with Crippen LogP contribution in [-0.4, -0.2) is 29.8 Å². The van der Waals surface area contributed by atoms with E-state index >= 15 is 0 Å². The molecule has 1 fully saturated rings. The second kappa shape index (κ2) is 6.87. The molecule has 0 bridgehead atoms. The lowest BCUT2D eigenvalue weighted by Crippen LogP contribution is -2.47. The first-order chi connectivity index (χ1) is 10.7. The van der Waals surface area contributed by atoms with E-state index in [0.717, 1.165) is 12.8 Å². The van der Waals surface area contributed by atoms with E-state index in [1.807, 2.05) is 20.8 Å². The minimum absolute atomic E-state index is 0.0315. The van der Waals surface area contributed by atoms with Crippen molar-refractivity contribution >= 4 is 29.1 Å². The van der Waals surface area contributed by atoms with Crippen LogP contribution < -0.4 is 5.32 Å². The van der Waals surface area contributed by atoms with Crippen LogP contribution in [0, 0.1) is 17.2 Å². The number of rotatable bonds is 2. The summed E-state index contributed by atoms with van der Waals surface area (Å²) in [4.78, 5) is 26.5. The van der Waals surface area contributed by atoms with Gasteiger partial charge >= 0.3 is 0 Å². The van der Waals surface area contributed by atoms with Gasteiger partial charge in [-0.3, -0.25) is 9.59 Å². The molecular formula is C17H22ClFN2O2. The van der Waals surface area contributed by atoms with Crippen molar-refractivity contribution in [3.63, 3.8) is 0 Å². The first-order valence-electron chi connectivity index (χ1n) is 7.74. The number of amides is 2. The highest BCUT2D eigenvalue weighted by Gasteiger charge is 2.33. The predicted octanol–water partition coefficient (Wildman–Crippen LogP) is 3.70. The predicted molar refractivity (Wildman–Crippen MR) is 88.8 cm³/mol. The number of piperidine rings is 1. The minimum Gasteiger partial charge on any atom is -0.341 e. The lowest BCUT2D eigenvalue weighted by Gasteiger charge is -2.35. The van der Waals surface area contributed by atoms with Gasteiger partial charge in [-0.1, -0.05) is 32.4 Å². The second-order valence-electron chi connectivity index (χ2n) is 6.96. The van der Waals surface area contributed by atoms with Crippen molar-refractivity contribution in [3.8, 4) is 0 Å². The summed E-state index contributed by atoms with van der Waals surface area (Å²) >= 11 is 5.72. The second-order valence-corrected chi connectivity index (χ2v) is 7.37. The van der Waals surface area contributed by atoms with Crippen molar-refractivity contribution in [3.05, 3.63) is 29.0 Å². The highest BCUT2D eigenvalue weighted by molar-refractivity contribution is 6.31. The molecule has 23 heavy (non-hydrogen) atoms. The van der Waals surface area contributed by atoms with Gasteiger partial charge in [0.15, 0.2) is 0 Å². The zero-order chi connectivity index (χ0) is 17.2. The van der Waals surface area contributed by atoms with E-state index in [1.165, 1.54) is 18.2 Å². The smallest absolute Gasteiger partial charge is 0.229 e. The van der Waals surface area contributed by atoms with Crippen molar-refractivity contribution in [2.24, 2.45) is 11.3 Å². The number of carbonyl (C=O) groups is 2. The van der Waals surface area contributed by atoms with Gasteiger partial charge in [0.1, 0.15) is 5.82 Å². The number of benzene rings is 1. The van der Waals surface area contributed by atoms with Crippen molar-refractivity contribution in [1.82, 2.24) is 4.90 Å². The van der Waals surface area contributed by atoms with Crippen LogP contribution in [0.1, 0.15) is 33.6 Å². The average Bonchev–Trinajstić information content (AvgIpc) is 2.49. The largest absolute Gasteiger partial charge is 0.341 e. The molecule has 126 valence electrons. The number of carbonyl (C=O) groups excluding carboxylic acids is 2. The number of nitrogens with one attached hydrogen (secondary N) is 1. The first-order valence-corrected chi connectivity index (χ1v) is 8.11. The number of hydrogen-bond acceptors (Lipinski definition) is 2.